The van der Waals surface area contributed by atoms with Crippen LogP contribution in [0.25, 0.3) is 10.8 Å². The van der Waals surface area contributed by atoms with Crippen LogP contribution in [0, 0.1) is 0 Å². The lowest BCUT2D eigenvalue weighted by atomic mass is 10.0. The number of amides is 2. The second kappa shape index (κ2) is 9.10. The zero-order valence-corrected chi connectivity index (χ0v) is 18.6. The van der Waals surface area contributed by atoms with Crippen molar-refractivity contribution in [3.05, 3.63) is 72.3 Å². The lowest BCUT2D eigenvalue weighted by molar-refractivity contribution is -0.114. The molecule has 0 bridgehead atoms. The van der Waals surface area contributed by atoms with Gasteiger partial charge in [-0.1, -0.05) is 36.4 Å². The fourth-order valence-corrected chi connectivity index (χ4v) is 5.46. The average molecular weight is 452 g/mol. The van der Waals surface area contributed by atoms with E-state index in [1.54, 1.807) is 12.1 Å². The molecule has 0 aliphatic carbocycles. The molecule has 1 aliphatic rings. The van der Waals surface area contributed by atoms with E-state index >= 15 is 0 Å². The van der Waals surface area contributed by atoms with Crippen LogP contribution in [0.2, 0.25) is 0 Å². The van der Waals surface area contributed by atoms with Gasteiger partial charge < -0.3 is 10.6 Å². The van der Waals surface area contributed by atoms with Crippen LogP contribution < -0.4 is 10.6 Å². The molecular formula is C24H25N3O4S. The number of sulfonamides is 1. The summed E-state index contributed by atoms with van der Waals surface area (Å²) in [4.78, 5) is 24.2. The summed E-state index contributed by atoms with van der Waals surface area (Å²) < 4.78 is 27.4. The predicted molar refractivity (Wildman–Crippen MR) is 124 cm³/mol. The van der Waals surface area contributed by atoms with Gasteiger partial charge in [-0.15, -0.1) is 0 Å². The van der Waals surface area contributed by atoms with Gasteiger partial charge >= 0.3 is 0 Å². The van der Waals surface area contributed by atoms with Crippen LogP contribution >= 0.6 is 0 Å². The topological polar surface area (TPSA) is 95.6 Å². The van der Waals surface area contributed by atoms with Gasteiger partial charge in [0, 0.05) is 37.3 Å². The number of hydrogen-bond acceptors (Lipinski definition) is 4. The molecule has 1 fully saturated rings. The Morgan fingerprint density at radius 1 is 0.906 bits per heavy atom. The Morgan fingerprint density at radius 2 is 1.56 bits per heavy atom. The fraction of sp³-hybridized carbons (Fsp3) is 0.250. The van der Waals surface area contributed by atoms with Crippen molar-refractivity contribution in [2.75, 3.05) is 18.4 Å². The van der Waals surface area contributed by atoms with Gasteiger partial charge in [0.05, 0.1) is 4.90 Å². The second-order valence-electron chi connectivity index (χ2n) is 7.88. The van der Waals surface area contributed by atoms with E-state index in [1.165, 1.54) is 23.4 Å². The van der Waals surface area contributed by atoms with Crippen LogP contribution in [0.15, 0.2) is 71.6 Å². The van der Waals surface area contributed by atoms with E-state index in [2.05, 4.69) is 10.6 Å². The molecule has 0 saturated carbocycles. The summed E-state index contributed by atoms with van der Waals surface area (Å²) in [5, 5.41) is 7.59. The monoisotopic (exact) mass is 451 g/mol. The smallest absolute Gasteiger partial charge is 0.252 e. The minimum absolute atomic E-state index is 0.0879. The molecule has 2 N–H and O–H groups in total. The van der Waals surface area contributed by atoms with Crippen molar-refractivity contribution in [1.29, 1.82) is 0 Å². The summed E-state index contributed by atoms with van der Waals surface area (Å²) in [6.07, 6.45) is 1.08. The fourth-order valence-electron chi connectivity index (χ4n) is 3.99. The lowest BCUT2D eigenvalue weighted by Crippen LogP contribution is -2.46. The summed E-state index contributed by atoms with van der Waals surface area (Å²) in [5.74, 6) is -0.357. The highest BCUT2D eigenvalue weighted by molar-refractivity contribution is 7.89. The molecule has 0 atom stereocenters. The van der Waals surface area contributed by atoms with Gasteiger partial charge in [0.2, 0.25) is 15.9 Å². The summed E-state index contributed by atoms with van der Waals surface area (Å²) in [5.41, 5.74) is 1.17. The molecular weight excluding hydrogens is 426 g/mol. The molecule has 1 aliphatic heterocycles. The molecule has 0 aromatic heterocycles. The molecule has 3 aromatic rings. The molecule has 2 amide bonds. The standard InChI is InChI=1S/C24H25N3O4S/c1-17(28)25-19-9-11-21(12-10-19)32(30,31)27-15-13-20(14-16-27)26-24(29)23-8-4-6-18-5-2-3-7-22(18)23/h2-12,20H,13-16H2,1H3,(H,25,28)(H,26,29). The van der Waals surface area contributed by atoms with Crippen molar-refractivity contribution in [2.45, 2.75) is 30.7 Å². The van der Waals surface area contributed by atoms with Gasteiger partial charge in [0.1, 0.15) is 0 Å². The molecule has 0 radical (unpaired) electrons. The first kappa shape index (κ1) is 22.0. The van der Waals surface area contributed by atoms with Crippen LogP contribution in [0.4, 0.5) is 5.69 Å². The molecule has 166 valence electrons. The molecule has 3 aromatic carbocycles. The highest BCUT2D eigenvalue weighted by Gasteiger charge is 2.30. The number of fused-ring (bicyclic) bond motifs is 1. The molecule has 4 rings (SSSR count). The van der Waals surface area contributed by atoms with Gasteiger partial charge in [0.25, 0.3) is 5.91 Å². The van der Waals surface area contributed by atoms with Gasteiger partial charge in [-0.3, -0.25) is 9.59 Å². The Bertz CT molecular complexity index is 1240. The van der Waals surface area contributed by atoms with Crippen LogP contribution in [-0.2, 0) is 14.8 Å². The van der Waals surface area contributed by atoms with Crippen molar-refractivity contribution >= 4 is 38.3 Å². The summed E-state index contributed by atoms with van der Waals surface area (Å²) in [6, 6.07) is 19.4. The SMILES string of the molecule is CC(=O)Nc1ccc(S(=O)(=O)N2CCC(NC(=O)c3cccc4ccccc34)CC2)cc1. The third-order valence-electron chi connectivity index (χ3n) is 5.64. The number of piperidine rings is 1. The predicted octanol–water partition coefficient (Wildman–Crippen LogP) is 3.38. The van der Waals surface area contributed by atoms with Gasteiger partial charge in [0.15, 0.2) is 0 Å². The Labute approximate surface area is 187 Å². The largest absolute Gasteiger partial charge is 0.349 e. The van der Waals surface area contributed by atoms with Gasteiger partial charge in [-0.2, -0.15) is 4.31 Å². The first-order chi connectivity index (χ1) is 15.3. The third-order valence-corrected chi connectivity index (χ3v) is 7.55. The van der Waals surface area contributed by atoms with Crippen molar-refractivity contribution in [2.24, 2.45) is 0 Å². The highest BCUT2D eigenvalue weighted by atomic mass is 32.2. The maximum atomic E-state index is 13.0. The number of nitrogens with zero attached hydrogens (tertiary/aromatic N) is 1. The molecule has 0 spiro atoms. The Balaban J connectivity index is 1.39. The zero-order valence-electron chi connectivity index (χ0n) is 17.7. The normalized spacial score (nSPS) is 15.4. The second-order valence-corrected chi connectivity index (χ2v) is 9.82. The van der Waals surface area contributed by atoms with E-state index < -0.39 is 10.0 Å². The molecule has 7 nitrogen and oxygen atoms in total. The van der Waals surface area contributed by atoms with Gasteiger partial charge in [-0.05, 0) is 53.9 Å². The quantitative estimate of drug-likeness (QED) is 0.622. The summed E-state index contributed by atoms with van der Waals surface area (Å²) in [7, 11) is -3.63. The lowest BCUT2D eigenvalue weighted by Gasteiger charge is -2.31. The van der Waals surface area contributed by atoms with Crippen LogP contribution in [-0.4, -0.2) is 43.7 Å². The summed E-state index contributed by atoms with van der Waals surface area (Å²) >= 11 is 0. The van der Waals surface area contributed by atoms with Crippen molar-refractivity contribution in [1.82, 2.24) is 9.62 Å². The van der Waals surface area contributed by atoms with Crippen molar-refractivity contribution < 1.29 is 18.0 Å². The number of rotatable bonds is 5. The maximum absolute atomic E-state index is 13.0. The van der Waals surface area contributed by atoms with E-state index in [-0.39, 0.29) is 22.8 Å². The van der Waals surface area contributed by atoms with Crippen LogP contribution in [0.5, 0.6) is 0 Å². The van der Waals surface area contributed by atoms with E-state index in [0.29, 0.717) is 37.2 Å². The highest BCUT2D eigenvalue weighted by Crippen LogP contribution is 2.23. The number of carbonyl (C=O) groups is 2. The van der Waals surface area contributed by atoms with E-state index in [4.69, 9.17) is 0 Å². The van der Waals surface area contributed by atoms with Gasteiger partial charge in [-0.25, -0.2) is 8.42 Å². The average Bonchev–Trinajstić information content (AvgIpc) is 2.79. The molecule has 0 unspecified atom stereocenters. The van der Waals surface area contributed by atoms with E-state index in [0.717, 1.165) is 10.8 Å². The minimum Gasteiger partial charge on any atom is -0.349 e. The number of nitrogens with one attached hydrogen (secondary N) is 2. The molecule has 8 heteroatoms. The number of carbonyl (C=O) groups excluding carboxylic acids is 2. The Kier molecular flexibility index (Phi) is 6.25. The molecule has 32 heavy (non-hydrogen) atoms. The van der Waals surface area contributed by atoms with Crippen molar-refractivity contribution in [3.63, 3.8) is 0 Å². The minimum atomic E-state index is -3.63. The zero-order chi connectivity index (χ0) is 22.7. The molecule has 1 heterocycles. The van der Waals surface area contributed by atoms with E-state index in [1.807, 2.05) is 42.5 Å². The van der Waals surface area contributed by atoms with E-state index in [9.17, 15) is 18.0 Å². The first-order valence-electron chi connectivity index (χ1n) is 10.5. The number of anilines is 1. The van der Waals surface area contributed by atoms with Crippen molar-refractivity contribution in [3.8, 4) is 0 Å². The Hall–Kier alpha value is -3.23. The maximum Gasteiger partial charge on any atom is 0.252 e. The number of benzene rings is 3. The molecule has 1 saturated heterocycles. The number of hydrogen-bond donors (Lipinski definition) is 2. The van der Waals surface area contributed by atoms with Crippen LogP contribution in [0.3, 0.4) is 0 Å². The third kappa shape index (κ3) is 4.66. The summed E-state index contributed by atoms with van der Waals surface area (Å²) in [6.45, 7) is 2.06. The Morgan fingerprint density at radius 3 is 2.25 bits per heavy atom. The van der Waals surface area contributed by atoms with Crippen LogP contribution in [0.1, 0.15) is 30.1 Å². The first-order valence-corrected chi connectivity index (χ1v) is 11.9.